The Balaban J connectivity index is 1.26. The number of fused-ring (bicyclic) bond motifs is 5. The second kappa shape index (κ2) is 11.8. The van der Waals surface area contributed by atoms with Gasteiger partial charge in [0.2, 0.25) is 11.8 Å². The van der Waals surface area contributed by atoms with Crippen molar-refractivity contribution in [2.45, 2.75) is 37.6 Å². The van der Waals surface area contributed by atoms with E-state index in [0.717, 1.165) is 27.0 Å². The van der Waals surface area contributed by atoms with Gasteiger partial charge in [-0.2, -0.15) is 5.01 Å². The van der Waals surface area contributed by atoms with Gasteiger partial charge in [0, 0.05) is 16.2 Å². The molecule has 2 aliphatic carbocycles. The number of carbonyl (C=O) groups excluding carboxylic acids is 4. The number of amides is 4. The van der Waals surface area contributed by atoms with E-state index in [0.29, 0.717) is 23.1 Å². The number of thiophene rings is 1. The molecule has 2 N–H and O–H groups in total. The van der Waals surface area contributed by atoms with Gasteiger partial charge in [-0.25, -0.2) is 0 Å². The summed E-state index contributed by atoms with van der Waals surface area (Å²) in [5.74, 6) is -4.21. The Labute approximate surface area is 299 Å². The number of aromatic hydroxyl groups is 1. The van der Waals surface area contributed by atoms with E-state index in [4.69, 9.17) is 0 Å². The van der Waals surface area contributed by atoms with Crippen molar-refractivity contribution in [3.05, 3.63) is 142 Å². The van der Waals surface area contributed by atoms with Crippen LogP contribution in [0, 0.1) is 30.6 Å². The van der Waals surface area contributed by atoms with Gasteiger partial charge in [0.05, 0.1) is 35.4 Å². The second-order valence-corrected chi connectivity index (χ2v) is 15.2. The summed E-state index contributed by atoms with van der Waals surface area (Å²) in [6.07, 6.45) is 2.67. The van der Waals surface area contributed by atoms with Crippen LogP contribution in [0.5, 0.6) is 5.75 Å². The van der Waals surface area contributed by atoms with E-state index in [-0.39, 0.29) is 42.3 Å². The summed E-state index contributed by atoms with van der Waals surface area (Å²) in [4.78, 5) is 61.0. The first-order valence-electron chi connectivity index (χ1n) is 17.3. The Kier molecular flexibility index (Phi) is 7.26. The molecule has 4 aromatic carbocycles. The van der Waals surface area contributed by atoms with E-state index in [1.54, 1.807) is 6.07 Å². The highest BCUT2D eigenvalue weighted by atomic mass is 32.1. The molecular formula is C42H35N3O5S. The van der Waals surface area contributed by atoms with Crippen LogP contribution >= 0.6 is 11.3 Å². The second-order valence-electron chi connectivity index (χ2n) is 14.2. The molecule has 9 rings (SSSR count). The number of aryl methyl sites for hydroxylation is 1. The van der Waals surface area contributed by atoms with Crippen molar-refractivity contribution in [1.29, 1.82) is 0 Å². The Morgan fingerprint density at radius 3 is 2.29 bits per heavy atom. The fourth-order valence-corrected chi connectivity index (χ4v) is 10.1. The monoisotopic (exact) mass is 693 g/mol. The molecule has 51 heavy (non-hydrogen) atoms. The first kappa shape index (κ1) is 31.4. The summed E-state index contributed by atoms with van der Waals surface area (Å²) in [7, 11) is 0. The molecule has 1 aromatic heterocycles. The molecule has 6 atom stereocenters. The number of hydrogen-bond acceptors (Lipinski definition) is 7. The van der Waals surface area contributed by atoms with Crippen molar-refractivity contribution in [2.75, 3.05) is 5.43 Å². The number of nitrogens with zero attached hydrogens (tertiary/aromatic N) is 2. The maximum Gasteiger partial charge on any atom is 0.260 e. The molecular weight excluding hydrogens is 659 g/mol. The molecule has 6 unspecified atom stereocenters. The van der Waals surface area contributed by atoms with Crippen molar-refractivity contribution in [1.82, 2.24) is 9.91 Å². The average molecular weight is 694 g/mol. The Hall–Kier alpha value is -5.54. The van der Waals surface area contributed by atoms with Crippen molar-refractivity contribution in [2.24, 2.45) is 23.7 Å². The number of phenolic OH excluding ortho intramolecular Hbond substituents is 1. The molecule has 0 spiro atoms. The lowest BCUT2D eigenvalue weighted by molar-refractivity contribution is -0.141. The zero-order valence-corrected chi connectivity index (χ0v) is 28.7. The lowest BCUT2D eigenvalue weighted by atomic mass is 9.49. The molecule has 0 bridgehead atoms. The van der Waals surface area contributed by atoms with Crippen molar-refractivity contribution >= 4 is 51.4 Å². The van der Waals surface area contributed by atoms with Gasteiger partial charge in [-0.3, -0.25) is 29.5 Å². The van der Waals surface area contributed by atoms with Gasteiger partial charge in [-0.05, 0) is 71.8 Å². The third-order valence-electron chi connectivity index (χ3n) is 11.6. The number of nitrogens with one attached hydrogen (secondary N) is 1. The van der Waals surface area contributed by atoms with Gasteiger partial charge in [-0.15, -0.1) is 11.3 Å². The van der Waals surface area contributed by atoms with E-state index in [1.807, 2.05) is 109 Å². The minimum absolute atomic E-state index is 0.113. The average Bonchev–Trinajstić information content (AvgIpc) is 3.82. The summed E-state index contributed by atoms with van der Waals surface area (Å²) in [6.45, 7) is 2.19. The highest BCUT2D eigenvalue weighted by Crippen LogP contribution is 2.64. The zero-order chi connectivity index (χ0) is 35.0. The van der Waals surface area contributed by atoms with Gasteiger partial charge in [0.25, 0.3) is 11.8 Å². The summed E-state index contributed by atoms with van der Waals surface area (Å²) < 4.78 is 0. The Bertz CT molecular complexity index is 2270. The van der Waals surface area contributed by atoms with E-state index in [9.17, 15) is 19.5 Å². The smallest absolute Gasteiger partial charge is 0.260 e. The number of likely N-dealkylation sites (tertiary alicyclic amines) is 1. The van der Waals surface area contributed by atoms with Crippen molar-refractivity contribution < 1.29 is 24.3 Å². The number of benzene rings is 4. The first-order chi connectivity index (χ1) is 24.8. The van der Waals surface area contributed by atoms with E-state index in [1.165, 1.54) is 21.2 Å². The fourth-order valence-electron chi connectivity index (χ4n) is 9.43. The molecule has 2 saturated heterocycles. The Morgan fingerprint density at radius 2 is 1.55 bits per heavy atom. The van der Waals surface area contributed by atoms with E-state index < -0.39 is 35.0 Å². The zero-order valence-electron chi connectivity index (χ0n) is 27.9. The molecule has 3 fully saturated rings. The van der Waals surface area contributed by atoms with E-state index in [2.05, 4.69) is 11.5 Å². The normalized spacial score (nSPS) is 27.0. The maximum absolute atomic E-state index is 15.4. The lowest BCUT2D eigenvalue weighted by Crippen LogP contribution is -2.53. The van der Waals surface area contributed by atoms with Crippen LogP contribution in [-0.4, -0.2) is 38.6 Å². The number of allylic oxidation sites excluding steroid dienone is 2. The summed E-state index contributed by atoms with van der Waals surface area (Å²) in [5, 5.41) is 15.5. The van der Waals surface area contributed by atoms with E-state index >= 15 is 4.79 Å². The molecule has 8 nitrogen and oxygen atoms in total. The standard InChI is InChI=1S/C42H35N3O5S/c1-24-13-15-26(16-14-24)43-45-39(48)34-22-33-31(17-18-32-36(33)40(49)44(38(32)47)23-27-10-7-21-51-27)37(42(34,41(45)50)25-8-3-2-4-9-25)30-19-20-35(46)29-12-6-5-11-28(29)30/h2-17,19-21,32-34,36-37,43,46H,18,22-23H2,1H3. The number of imide groups is 2. The van der Waals surface area contributed by atoms with Crippen molar-refractivity contribution in [3.63, 3.8) is 0 Å². The molecule has 4 amide bonds. The van der Waals surface area contributed by atoms with Gasteiger partial charge in [0.15, 0.2) is 0 Å². The summed E-state index contributed by atoms with van der Waals surface area (Å²) in [5.41, 5.74) is 5.82. The number of carbonyl (C=O) groups is 4. The van der Waals surface area contributed by atoms with Gasteiger partial charge < -0.3 is 5.11 Å². The number of hydrogen-bond donors (Lipinski definition) is 2. The van der Waals surface area contributed by atoms with Crippen molar-refractivity contribution in [3.8, 4) is 5.75 Å². The van der Waals surface area contributed by atoms with Crippen LogP contribution < -0.4 is 5.43 Å². The van der Waals surface area contributed by atoms with Crippen LogP contribution in [0.15, 0.2) is 120 Å². The number of phenols is 1. The molecule has 3 heterocycles. The van der Waals surface area contributed by atoms with Gasteiger partial charge >= 0.3 is 0 Å². The summed E-state index contributed by atoms with van der Waals surface area (Å²) in [6, 6.07) is 31.9. The van der Waals surface area contributed by atoms with Crippen LogP contribution in [0.3, 0.4) is 0 Å². The topological polar surface area (TPSA) is 107 Å². The quantitative estimate of drug-likeness (QED) is 0.145. The highest BCUT2D eigenvalue weighted by molar-refractivity contribution is 7.09. The molecule has 9 heteroatoms. The van der Waals surface area contributed by atoms with Crippen LogP contribution in [-0.2, 0) is 31.1 Å². The minimum atomic E-state index is -1.38. The first-order valence-corrected chi connectivity index (χ1v) is 18.2. The SMILES string of the molecule is Cc1ccc(NN2C(=O)C3CC4C(=CCC5C(=O)N(Cc6cccs6)C(=O)C54)C(c4ccc(O)c5ccccc45)C3(c3ccccc3)C2=O)cc1. The molecule has 254 valence electrons. The largest absolute Gasteiger partial charge is 0.507 e. The van der Waals surface area contributed by atoms with Crippen LogP contribution in [0.1, 0.15) is 40.3 Å². The molecule has 5 aromatic rings. The van der Waals surface area contributed by atoms with Crippen LogP contribution in [0.25, 0.3) is 10.8 Å². The van der Waals surface area contributed by atoms with Gasteiger partial charge in [0.1, 0.15) is 5.75 Å². The highest BCUT2D eigenvalue weighted by Gasteiger charge is 2.70. The predicted molar refractivity (Wildman–Crippen MR) is 194 cm³/mol. The molecule has 2 aliphatic heterocycles. The maximum atomic E-state index is 15.4. The third kappa shape index (κ3) is 4.57. The molecule has 0 radical (unpaired) electrons. The fraction of sp³-hybridized carbons (Fsp3) is 0.238. The predicted octanol–water partition coefficient (Wildman–Crippen LogP) is 7.10. The minimum Gasteiger partial charge on any atom is -0.507 e. The number of hydrazine groups is 1. The van der Waals surface area contributed by atoms with Crippen LogP contribution in [0.2, 0.25) is 0 Å². The van der Waals surface area contributed by atoms with Crippen LogP contribution in [0.4, 0.5) is 5.69 Å². The third-order valence-corrected chi connectivity index (χ3v) is 12.5. The Morgan fingerprint density at radius 1 is 0.804 bits per heavy atom. The molecule has 4 aliphatic rings. The lowest BCUT2D eigenvalue weighted by Gasteiger charge is -2.51. The number of rotatable bonds is 6. The summed E-state index contributed by atoms with van der Waals surface area (Å²) >= 11 is 1.51. The number of anilines is 1. The van der Waals surface area contributed by atoms with Gasteiger partial charge in [-0.1, -0.05) is 96.1 Å². The molecule has 1 saturated carbocycles.